The third kappa shape index (κ3) is 3.40. The van der Waals surface area contributed by atoms with E-state index in [0.29, 0.717) is 0 Å². The van der Waals surface area contributed by atoms with Crippen molar-refractivity contribution in [3.8, 4) is 0 Å². The molecule has 0 spiro atoms. The van der Waals surface area contributed by atoms with Crippen molar-refractivity contribution in [2.75, 3.05) is 0 Å². The van der Waals surface area contributed by atoms with Crippen LogP contribution in [0.15, 0.2) is 12.2 Å². The minimum absolute atomic E-state index is 0.116. The first-order valence-corrected chi connectivity index (χ1v) is 5.06. The number of ether oxygens (including phenoxy) is 1. The molecule has 1 rings (SSSR count). The number of rotatable bonds is 1. The average molecular weight is 197 g/mol. The first kappa shape index (κ1) is 11.1. The SMILES string of the molecule is C=C1CCCC1NC(=O)OC(C)(C)C. The van der Waals surface area contributed by atoms with Gasteiger partial charge in [0.1, 0.15) is 5.60 Å². The van der Waals surface area contributed by atoms with Crippen LogP contribution in [-0.2, 0) is 4.74 Å². The molecule has 14 heavy (non-hydrogen) atoms. The first-order valence-electron chi connectivity index (χ1n) is 5.06. The third-order valence-corrected chi connectivity index (χ3v) is 2.17. The lowest BCUT2D eigenvalue weighted by atomic mass is 10.2. The molecule has 1 atom stereocenters. The molecule has 1 aliphatic carbocycles. The molecule has 0 radical (unpaired) electrons. The Labute approximate surface area is 85.5 Å². The van der Waals surface area contributed by atoms with Crippen LogP contribution in [0.5, 0.6) is 0 Å². The van der Waals surface area contributed by atoms with E-state index < -0.39 is 5.60 Å². The van der Waals surface area contributed by atoms with Gasteiger partial charge in [0.15, 0.2) is 0 Å². The van der Waals surface area contributed by atoms with Gasteiger partial charge >= 0.3 is 6.09 Å². The van der Waals surface area contributed by atoms with Gasteiger partial charge in [-0.05, 0) is 40.0 Å². The number of hydrogen-bond donors (Lipinski definition) is 1. The van der Waals surface area contributed by atoms with Crippen molar-refractivity contribution in [1.82, 2.24) is 5.32 Å². The van der Waals surface area contributed by atoms with E-state index in [1.165, 1.54) is 0 Å². The molecule has 1 amide bonds. The number of hydrogen-bond acceptors (Lipinski definition) is 2. The average Bonchev–Trinajstić information content (AvgIpc) is 2.32. The van der Waals surface area contributed by atoms with Crippen LogP contribution in [0.3, 0.4) is 0 Å². The Balaban J connectivity index is 2.37. The van der Waals surface area contributed by atoms with Crippen LogP contribution in [0.4, 0.5) is 4.79 Å². The highest BCUT2D eigenvalue weighted by atomic mass is 16.6. The van der Waals surface area contributed by atoms with Gasteiger partial charge in [0, 0.05) is 0 Å². The van der Waals surface area contributed by atoms with Crippen molar-refractivity contribution in [2.24, 2.45) is 0 Å². The van der Waals surface area contributed by atoms with E-state index in [0.717, 1.165) is 24.8 Å². The Morgan fingerprint density at radius 2 is 2.21 bits per heavy atom. The van der Waals surface area contributed by atoms with Crippen LogP contribution in [0.2, 0.25) is 0 Å². The monoisotopic (exact) mass is 197 g/mol. The highest BCUT2D eigenvalue weighted by Crippen LogP contribution is 2.23. The molecule has 1 aliphatic rings. The van der Waals surface area contributed by atoms with Gasteiger partial charge in [-0.2, -0.15) is 0 Å². The molecule has 3 nitrogen and oxygen atoms in total. The lowest BCUT2D eigenvalue weighted by Gasteiger charge is -2.22. The number of amides is 1. The van der Waals surface area contributed by atoms with E-state index in [1.807, 2.05) is 20.8 Å². The summed E-state index contributed by atoms with van der Waals surface area (Å²) >= 11 is 0. The van der Waals surface area contributed by atoms with Gasteiger partial charge in [-0.25, -0.2) is 4.79 Å². The topological polar surface area (TPSA) is 38.3 Å². The predicted molar refractivity (Wildman–Crippen MR) is 56.1 cm³/mol. The van der Waals surface area contributed by atoms with Crippen LogP contribution < -0.4 is 5.32 Å². The quantitative estimate of drug-likeness (QED) is 0.656. The summed E-state index contributed by atoms with van der Waals surface area (Å²) in [7, 11) is 0. The zero-order valence-corrected chi connectivity index (χ0v) is 9.22. The Kier molecular flexibility index (Phi) is 3.19. The van der Waals surface area contributed by atoms with Gasteiger partial charge < -0.3 is 10.1 Å². The van der Waals surface area contributed by atoms with Crippen LogP contribution in [0.1, 0.15) is 40.0 Å². The van der Waals surface area contributed by atoms with E-state index in [4.69, 9.17) is 4.74 Å². The van der Waals surface area contributed by atoms with Crippen LogP contribution in [-0.4, -0.2) is 17.7 Å². The van der Waals surface area contributed by atoms with Crippen molar-refractivity contribution in [3.05, 3.63) is 12.2 Å². The van der Waals surface area contributed by atoms with E-state index in [-0.39, 0.29) is 12.1 Å². The van der Waals surface area contributed by atoms with Gasteiger partial charge in [0.05, 0.1) is 6.04 Å². The Morgan fingerprint density at radius 1 is 1.57 bits per heavy atom. The fraction of sp³-hybridized carbons (Fsp3) is 0.727. The van der Waals surface area contributed by atoms with Gasteiger partial charge in [0.25, 0.3) is 0 Å². The highest BCUT2D eigenvalue weighted by Gasteiger charge is 2.23. The molecular formula is C11H19NO2. The maximum Gasteiger partial charge on any atom is 0.408 e. The van der Waals surface area contributed by atoms with E-state index in [9.17, 15) is 4.79 Å². The molecule has 0 aliphatic heterocycles. The molecule has 0 aromatic rings. The standard InChI is InChI=1S/C11H19NO2/c1-8-6-5-7-9(8)12-10(13)14-11(2,3)4/h9H,1,5-7H2,2-4H3,(H,12,13). The van der Waals surface area contributed by atoms with Crippen molar-refractivity contribution in [3.63, 3.8) is 0 Å². The van der Waals surface area contributed by atoms with Crippen molar-refractivity contribution < 1.29 is 9.53 Å². The molecule has 80 valence electrons. The molecule has 3 heteroatoms. The lowest BCUT2D eigenvalue weighted by molar-refractivity contribution is 0.0513. The minimum Gasteiger partial charge on any atom is -0.444 e. The number of carbonyl (C=O) groups excluding carboxylic acids is 1. The molecule has 1 unspecified atom stereocenters. The molecule has 0 aromatic carbocycles. The molecule has 0 saturated heterocycles. The summed E-state index contributed by atoms with van der Waals surface area (Å²) in [6.45, 7) is 9.49. The second kappa shape index (κ2) is 4.03. The molecule has 0 heterocycles. The van der Waals surface area contributed by atoms with E-state index in [1.54, 1.807) is 0 Å². The maximum atomic E-state index is 11.4. The highest BCUT2D eigenvalue weighted by molar-refractivity contribution is 5.68. The van der Waals surface area contributed by atoms with Gasteiger partial charge in [-0.15, -0.1) is 0 Å². The summed E-state index contributed by atoms with van der Waals surface area (Å²) in [6, 6.07) is 0.116. The fourth-order valence-corrected chi connectivity index (χ4v) is 1.54. The third-order valence-electron chi connectivity index (χ3n) is 2.17. The van der Waals surface area contributed by atoms with E-state index >= 15 is 0 Å². The summed E-state index contributed by atoms with van der Waals surface area (Å²) in [5.74, 6) is 0. The summed E-state index contributed by atoms with van der Waals surface area (Å²) in [6.07, 6.45) is 2.77. The Morgan fingerprint density at radius 3 is 2.64 bits per heavy atom. The second-order valence-corrected chi connectivity index (χ2v) is 4.75. The molecular weight excluding hydrogens is 178 g/mol. The van der Waals surface area contributed by atoms with Gasteiger partial charge in [0.2, 0.25) is 0 Å². The Hall–Kier alpha value is -0.990. The molecule has 0 aromatic heterocycles. The summed E-state index contributed by atoms with van der Waals surface area (Å²) in [5.41, 5.74) is 0.681. The Bertz CT molecular complexity index is 240. The van der Waals surface area contributed by atoms with E-state index in [2.05, 4.69) is 11.9 Å². The molecule has 1 saturated carbocycles. The van der Waals surface area contributed by atoms with Crippen LogP contribution in [0, 0.1) is 0 Å². The minimum atomic E-state index is -0.427. The first-order chi connectivity index (χ1) is 6.38. The van der Waals surface area contributed by atoms with Crippen LogP contribution >= 0.6 is 0 Å². The largest absolute Gasteiger partial charge is 0.444 e. The summed E-state index contributed by atoms with van der Waals surface area (Å²) in [4.78, 5) is 11.4. The normalized spacial score (nSPS) is 22.2. The maximum absolute atomic E-state index is 11.4. The smallest absolute Gasteiger partial charge is 0.408 e. The number of nitrogens with one attached hydrogen (secondary N) is 1. The van der Waals surface area contributed by atoms with Crippen molar-refractivity contribution >= 4 is 6.09 Å². The summed E-state index contributed by atoms with van der Waals surface area (Å²) in [5, 5.41) is 2.82. The number of carbonyl (C=O) groups is 1. The zero-order valence-electron chi connectivity index (χ0n) is 9.22. The molecule has 1 fully saturated rings. The van der Waals surface area contributed by atoms with Crippen molar-refractivity contribution in [2.45, 2.75) is 51.7 Å². The van der Waals surface area contributed by atoms with Gasteiger partial charge in [-0.1, -0.05) is 12.2 Å². The van der Waals surface area contributed by atoms with Crippen molar-refractivity contribution in [1.29, 1.82) is 0 Å². The fourth-order valence-electron chi connectivity index (χ4n) is 1.54. The van der Waals surface area contributed by atoms with Crippen LogP contribution in [0.25, 0.3) is 0 Å². The second-order valence-electron chi connectivity index (χ2n) is 4.75. The van der Waals surface area contributed by atoms with Gasteiger partial charge in [-0.3, -0.25) is 0 Å². The zero-order chi connectivity index (χ0) is 10.8. The predicted octanol–water partition coefficient (Wildman–Crippen LogP) is 2.62. The lowest BCUT2D eigenvalue weighted by Crippen LogP contribution is -2.38. The molecule has 1 N–H and O–H groups in total. The summed E-state index contributed by atoms with van der Waals surface area (Å²) < 4.78 is 5.16. The number of alkyl carbamates (subject to hydrolysis) is 1. The molecule has 0 bridgehead atoms.